The second kappa shape index (κ2) is 19.3. The normalized spacial score (nSPS) is 15.0. The van der Waals surface area contributed by atoms with Gasteiger partial charge in [-0.2, -0.15) is 0 Å². The Morgan fingerprint density at radius 1 is 0.881 bits per heavy atom. The van der Waals surface area contributed by atoms with E-state index in [0.717, 1.165) is 29.7 Å². The van der Waals surface area contributed by atoms with Gasteiger partial charge in [0.15, 0.2) is 0 Å². The second-order valence-corrected chi connectivity index (χ2v) is 30.8. The number of rotatable bonds is 18. The number of aryl methyl sites for hydroxylation is 1. The van der Waals surface area contributed by atoms with Gasteiger partial charge in [-0.1, -0.05) is 5.92 Å². The molecule has 3 unspecified atom stereocenters. The Bertz CT molecular complexity index is 2150. The molecular weight excluding hydrogens is 807 g/mol. The number of aromatic nitrogens is 2. The first-order valence-corrected chi connectivity index (χ1v) is 29.9. The van der Waals surface area contributed by atoms with Gasteiger partial charge in [0.25, 0.3) is 17.4 Å². The van der Waals surface area contributed by atoms with E-state index in [1.807, 2.05) is 76.0 Å². The summed E-state index contributed by atoms with van der Waals surface area (Å²) in [6, 6.07) is 7.99. The van der Waals surface area contributed by atoms with E-state index in [4.69, 9.17) is 19.7 Å². The summed E-state index contributed by atoms with van der Waals surface area (Å²) >= 11 is 0. The molecule has 0 spiro atoms. The molecule has 2 amide bonds. The first-order chi connectivity index (χ1) is 27.5. The Kier molecular flexibility index (Phi) is 15.2. The van der Waals surface area contributed by atoms with Gasteiger partial charge in [0, 0.05) is 24.1 Å². The van der Waals surface area contributed by atoms with Crippen molar-refractivity contribution in [3.05, 3.63) is 69.3 Å². The molecule has 1 aliphatic rings. The van der Waals surface area contributed by atoms with E-state index < -0.39 is 66.8 Å². The van der Waals surface area contributed by atoms with Gasteiger partial charge in [-0.25, -0.2) is 4.98 Å². The molecule has 0 bridgehead atoms. The standard InChI is InChI=1S/C41H57N5O10Si3/c1-11-22-46(34-19-14-27-23-33-30(24-29(27)34)39(51)45-35(25-47)42-33)28-15-12-26(13-16-28)38(50)44-32(41(53)56-59(8,9)10)17-20-36(48)43-31(40(52)55-58(5,6)7)18-21-37(49)54-57(2,3)4/h1,12-13,15-16,23-24,31-32,34,47H,14,17-22,25H2,2-10H3,(H,43,48)(H,44,50)(H,42,45,51). The summed E-state index contributed by atoms with van der Waals surface area (Å²) in [6.45, 7) is 16.4. The number of amides is 2. The lowest BCUT2D eigenvalue weighted by Gasteiger charge is -2.30. The van der Waals surface area contributed by atoms with Crippen molar-refractivity contribution in [3.8, 4) is 12.3 Å². The number of aromatic amines is 1. The number of fused-ring (bicyclic) bond motifs is 2. The molecular formula is C41H57N5O10Si3. The summed E-state index contributed by atoms with van der Waals surface area (Å²) in [7, 11) is -6.93. The molecule has 4 rings (SSSR count). The van der Waals surface area contributed by atoms with Gasteiger partial charge in [-0.05, 0) is 132 Å². The number of nitrogens with one attached hydrogen (secondary N) is 3. The fraction of sp³-hybridized carbons (Fsp3) is 0.488. The van der Waals surface area contributed by atoms with E-state index in [0.29, 0.717) is 10.9 Å². The Morgan fingerprint density at radius 3 is 2.02 bits per heavy atom. The zero-order chi connectivity index (χ0) is 43.9. The topological polar surface area (TPSA) is 206 Å². The number of aliphatic hydroxyl groups excluding tert-OH is 1. The zero-order valence-electron chi connectivity index (χ0n) is 35.4. The second-order valence-electron chi connectivity index (χ2n) is 17.5. The molecule has 59 heavy (non-hydrogen) atoms. The minimum absolute atomic E-state index is 0.0292. The van der Waals surface area contributed by atoms with Crippen molar-refractivity contribution >= 4 is 71.3 Å². The third kappa shape index (κ3) is 13.7. The average Bonchev–Trinajstić information content (AvgIpc) is 3.53. The number of benzene rings is 2. The Labute approximate surface area is 348 Å². The molecule has 1 aromatic heterocycles. The fourth-order valence-corrected chi connectivity index (χ4v) is 8.91. The SMILES string of the molecule is C#CCN(c1ccc(C(=O)NC(CCC(=O)NC(CCC(=O)O[Si](C)(C)C)C(=O)O[Si](C)(C)C)C(=O)O[Si](C)(C)C)cc1)C1CCc2cc3nc(CO)[nH]c(=O)c3cc21. The van der Waals surface area contributed by atoms with Crippen molar-refractivity contribution in [1.29, 1.82) is 0 Å². The highest BCUT2D eigenvalue weighted by Gasteiger charge is 2.33. The van der Waals surface area contributed by atoms with Gasteiger partial charge >= 0.3 is 11.9 Å². The number of hydrogen-bond acceptors (Lipinski definition) is 12. The van der Waals surface area contributed by atoms with E-state index in [1.54, 1.807) is 24.3 Å². The molecule has 18 heteroatoms. The smallest absolute Gasteiger partial charge is 0.315 e. The summed E-state index contributed by atoms with van der Waals surface area (Å²) < 4.78 is 16.9. The molecule has 15 nitrogen and oxygen atoms in total. The summed E-state index contributed by atoms with van der Waals surface area (Å²) in [5.41, 5.74) is 3.11. The number of terminal acetylenes is 1. The molecule has 0 fully saturated rings. The number of hydrogen-bond donors (Lipinski definition) is 4. The van der Waals surface area contributed by atoms with Crippen molar-refractivity contribution in [1.82, 2.24) is 20.6 Å². The largest absolute Gasteiger partial charge is 0.520 e. The van der Waals surface area contributed by atoms with Crippen LogP contribution >= 0.6 is 0 Å². The van der Waals surface area contributed by atoms with Crippen LogP contribution in [0.4, 0.5) is 5.69 Å². The third-order valence-electron chi connectivity index (χ3n) is 9.05. The van der Waals surface area contributed by atoms with E-state index in [9.17, 15) is 33.9 Å². The Hall–Kier alpha value is -5.10. The maximum atomic E-state index is 13.6. The van der Waals surface area contributed by atoms with Gasteiger partial charge in [0.2, 0.25) is 30.9 Å². The molecule has 0 radical (unpaired) electrons. The van der Waals surface area contributed by atoms with Crippen molar-refractivity contribution in [2.24, 2.45) is 0 Å². The summed E-state index contributed by atoms with van der Waals surface area (Å²) in [5.74, 6) is -0.0296. The van der Waals surface area contributed by atoms with Crippen LogP contribution in [0.3, 0.4) is 0 Å². The van der Waals surface area contributed by atoms with Gasteiger partial charge < -0.3 is 38.9 Å². The third-order valence-corrected chi connectivity index (χ3v) is 11.5. The summed E-state index contributed by atoms with van der Waals surface area (Å²) in [6.07, 6.45) is 6.76. The van der Waals surface area contributed by atoms with Crippen LogP contribution < -0.4 is 21.1 Å². The number of anilines is 1. The molecule has 3 atom stereocenters. The van der Waals surface area contributed by atoms with Crippen LogP contribution in [0.2, 0.25) is 58.9 Å². The molecule has 0 aliphatic heterocycles. The van der Waals surface area contributed by atoms with Crippen molar-refractivity contribution in [2.75, 3.05) is 11.4 Å². The summed E-state index contributed by atoms with van der Waals surface area (Å²) in [4.78, 5) is 87.7. The average molecular weight is 864 g/mol. The van der Waals surface area contributed by atoms with Crippen molar-refractivity contribution < 1.29 is 42.4 Å². The highest BCUT2D eigenvalue weighted by atomic mass is 28.4. The van der Waals surface area contributed by atoms with Crippen LogP contribution in [0, 0.1) is 12.3 Å². The van der Waals surface area contributed by atoms with Crippen LogP contribution in [-0.2, 0) is 45.5 Å². The summed E-state index contributed by atoms with van der Waals surface area (Å²) in [5, 5.41) is 15.3. The number of aliphatic hydroxyl groups is 1. The lowest BCUT2D eigenvalue weighted by Crippen LogP contribution is -2.48. The molecule has 0 saturated carbocycles. The number of H-pyrrole nitrogens is 1. The van der Waals surface area contributed by atoms with E-state index in [1.165, 1.54) is 0 Å². The lowest BCUT2D eigenvalue weighted by molar-refractivity contribution is -0.142. The van der Waals surface area contributed by atoms with Crippen LogP contribution in [0.15, 0.2) is 41.2 Å². The van der Waals surface area contributed by atoms with Crippen LogP contribution in [0.25, 0.3) is 10.9 Å². The van der Waals surface area contributed by atoms with Crippen LogP contribution in [0.5, 0.6) is 0 Å². The molecule has 0 saturated heterocycles. The quantitative estimate of drug-likeness (QED) is 0.100. The molecule has 4 N–H and O–H groups in total. The predicted molar refractivity (Wildman–Crippen MR) is 232 cm³/mol. The predicted octanol–water partition coefficient (Wildman–Crippen LogP) is 4.82. The first-order valence-electron chi connectivity index (χ1n) is 19.7. The maximum Gasteiger partial charge on any atom is 0.315 e. The van der Waals surface area contributed by atoms with Gasteiger partial charge in [0.1, 0.15) is 24.5 Å². The van der Waals surface area contributed by atoms with Gasteiger partial charge in [-0.15, -0.1) is 6.42 Å². The fourth-order valence-electron chi connectivity index (χ4n) is 6.63. The highest BCUT2D eigenvalue weighted by molar-refractivity contribution is 6.72. The van der Waals surface area contributed by atoms with Crippen LogP contribution in [0.1, 0.15) is 65.5 Å². The number of nitrogens with zero attached hydrogens (tertiary/aromatic N) is 2. The monoisotopic (exact) mass is 863 g/mol. The number of carbonyl (C=O) groups is 5. The Balaban J connectivity index is 1.49. The molecule has 1 heterocycles. The minimum Gasteiger partial charge on any atom is -0.520 e. The van der Waals surface area contributed by atoms with E-state index >= 15 is 0 Å². The molecule has 1 aliphatic carbocycles. The van der Waals surface area contributed by atoms with Crippen molar-refractivity contribution in [2.45, 2.75) is 122 Å². The zero-order valence-corrected chi connectivity index (χ0v) is 38.4. The Morgan fingerprint density at radius 2 is 1.46 bits per heavy atom. The maximum absolute atomic E-state index is 13.6. The van der Waals surface area contributed by atoms with Crippen molar-refractivity contribution in [3.63, 3.8) is 0 Å². The van der Waals surface area contributed by atoms with Crippen LogP contribution in [-0.4, -0.2) is 88.4 Å². The van der Waals surface area contributed by atoms with Gasteiger partial charge in [-0.3, -0.25) is 28.8 Å². The highest BCUT2D eigenvalue weighted by Crippen LogP contribution is 2.39. The van der Waals surface area contributed by atoms with E-state index in [2.05, 4.69) is 26.5 Å². The number of carbonyl (C=O) groups excluding carboxylic acids is 5. The lowest BCUT2D eigenvalue weighted by atomic mass is 10.0. The van der Waals surface area contributed by atoms with E-state index in [-0.39, 0.29) is 61.8 Å². The minimum atomic E-state index is -2.42. The molecule has 318 valence electrons. The van der Waals surface area contributed by atoms with Gasteiger partial charge in [0.05, 0.1) is 23.5 Å². The molecule has 2 aromatic carbocycles. The first kappa shape index (κ1) is 46.6. The molecule has 3 aromatic rings.